The number of imidazole rings is 1. The van der Waals surface area contributed by atoms with Crippen LogP contribution in [0, 0.1) is 11.3 Å². The van der Waals surface area contributed by atoms with Crippen molar-refractivity contribution >= 4 is 10.9 Å². The molecule has 0 bridgehead atoms. The molecule has 3 rings (SSSR count). The fourth-order valence-corrected chi connectivity index (χ4v) is 3.33. The molecule has 0 spiro atoms. The van der Waals surface area contributed by atoms with Crippen LogP contribution >= 0.6 is 0 Å². The highest BCUT2D eigenvalue weighted by Crippen LogP contribution is 2.29. The minimum atomic E-state index is -0.717. The molecule has 134 valence electrons. The molecule has 0 aliphatic rings. The molecule has 1 aromatic carbocycles. The fraction of sp³-hybridized carbons (Fsp3) is 0.381. The number of hydrogen-bond acceptors (Lipinski definition) is 3. The third-order valence-electron chi connectivity index (χ3n) is 4.97. The number of fused-ring (bicyclic) bond motifs is 1. The maximum Gasteiger partial charge on any atom is 0.251 e. The molecule has 1 N–H and O–H groups in total. The van der Waals surface area contributed by atoms with Gasteiger partial charge in [0, 0.05) is 36.4 Å². The number of nitrogens with one attached hydrogen (secondary N) is 1. The molecule has 26 heavy (non-hydrogen) atoms. The van der Waals surface area contributed by atoms with Crippen LogP contribution in [0.1, 0.15) is 44.1 Å². The van der Waals surface area contributed by atoms with Crippen molar-refractivity contribution in [1.82, 2.24) is 14.5 Å². The van der Waals surface area contributed by atoms with Crippen molar-refractivity contribution in [3.63, 3.8) is 0 Å². The van der Waals surface area contributed by atoms with Gasteiger partial charge in [-0.3, -0.25) is 4.79 Å². The molecular formula is C21H24N4O. The molecule has 0 saturated heterocycles. The lowest BCUT2D eigenvalue weighted by Crippen LogP contribution is -2.25. The molecule has 0 aliphatic carbocycles. The Hall–Kier alpha value is -2.87. The number of benzene rings is 1. The molecule has 0 radical (unpaired) electrons. The number of pyridine rings is 1. The molecule has 3 aromatic rings. The summed E-state index contributed by atoms with van der Waals surface area (Å²) >= 11 is 0. The molecule has 0 saturated carbocycles. The molecule has 2 aromatic heterocycles. The summed E-state index contributed by atoms with van der Waals surface area (Å²) in [5.41, 5.74) is 1.65. The predicted molar refractivity (Wildman–Crippen MR) is 103 cm³/mol. The van der Waals surface area contributed by atoms with Crippen LogP contribution in [-0.4, -0.2) is 14.5 Å². The van der Waals surface area contributed by atoms with E-state index in [2.05, 4.69) is 27.5 Å². The van der Waals surface area contributed by atoms with Crippen molar-refractivity contribution in [3.05, 3.63) is 64.0 Å². The van der Waals surface area contributed by atoms with E-state index in [0.717, 1.165) is 40.8 Å². The van der Waals surface area contributed by atoms with Crippen LogP contribution in [0.25, 0.3) is 10.9 Å². The number of hydrogen-bond donors (Lipinski definition) is 1. The molecule has 0 fully saturated rings. The van der Waals surface area contributed by atoms with E-state index >= 15 is 0 Å². The first-order valence-electron chi connectivity index (χ1n) is 9.08. The first kappa shape index (κ1) is 17.9. The van der Waals surface area contributed by atoms with E-state index in [4.69, 9.17) is 0 Å². The molecule has 0 aliphatic heterocycles. The van der Waals surface area contributed by atoms with Crippen LogP contribution in [0.3, 0.4) is 0 Å². The monoisotopic (exact) mass is 348 g/mol. The standard InChI is InChI=1S/C21H24N4O/c1-4-9-25-10-8-23-19(25)13-21(3,14-22)17-7-6-16-11-15(5-2)20(26)24-18(16)12-17/h6-8,10-12H,4-5,9,13H2,1-3H3,(H,24,26). The van der Waals surface area contributed by atoms with E-state index in [0.29, 0.717) is 12.8 Å². The zero-order valence-electron chi connectivity index (χ0n) is 15.5. The minimum Gasteiger partial charge on any atom is -0.335 e. The summed E-state index contributed by atoms with van der Waals surface area (Å²) in [5.74, 6) is 0.908. The van der Waals surface area contributed by atoms with Crippen LogP contribution in [-0.2, 0) is 24.8 Å². The van der Waals surface area contributed by atoms with E-state index in [1.54, 1.807) is 6.20 Å². The quantitative estimate of drug-likeness (QED) is 0.738. The third kappa shape index (κ3) is 3.28. The molecule has 1 atom stereocenters. The van der Waals surface area contributed by atoms with Gasteiger partial charge in [0.25, 0.3) is 5.56 Å². The number of H-pyrrole nitrogens is 1. The van der Waals surface area contributed by atoms with Crippen molar-refractivity contribution in [2.24, 2.45) is 0 Å². The van der Waals surface area contributed by atoms with Gasteiger partial charge in [-0.1, -0.05) is 26.0 Å². The number of aromatic amines is 1. The first-order chi connectivity index (χ1) is 12.5. The molecule has 5 nitrogen and oxygen atoms in total. The van der Waals surface area contributed by atoms with Gasteiger partial charge in [-0.2, -0.15) is 5.26 Å². The van der Waals surface area contributed by atoms with Crippen LogP contribution in [0.2, 0.25) is 0 Å². The number of aryl methyl sites for hydroxylation is 2. The van der Waals surface area contributed by atoms with Crippen molar-refractivity contribution in [3.8, 4) is 6.07 Å². The van der Waals surface area contributed by atoms with Gasteiger partial charge in [0.1, 0.15) is 5.82 Å². The van der Waals surface area contributed by atoms with Crippen molar-refractivity contribution in [2.75, 3.05) is 0 Å². The summed E-state index contributed by atoms with van der Waals surface area (Å²) < 4.78 is 2.10. The number of rotatable bonds is 6. The molecule has 2 heterocycles. The summed E-state index contributed by atoms with van der Waals surface area (Å²) in [5, 5.41) is 10.9. The minimum absolute atomic E-state index is 0.0608. The lowest BCUT2D eigenvalue weighted by Gasteiger charge is -2.23. The summed E-state index contributed by atoms with van der Waals surface area (Å²) in [4.78, 5) is 19.5. The highest BCUT2D eigenvalue weighted by molar-refractivity contribution is 5.80. The highest BCUT2D eigenvalue weighted by atomic mass is 16.1. The Bertz CT molecular complexity index is 1020. The molecule has 0 amide bonds. The Labute approximate surface area is 153 Å². The Balaban J connectivity index is 2.02. The Kier molecular flexibility index (Phi) is 4.94. The maximum atomic E-state index is 12.1. The molecular weight excluding hydrogens is 324 g/mol. The predicted octanol–water partition coefficient (Wildman–Crippen LogP) is 3.72. The fourth-order valence-electron chi connectivity index (χ4n) is 3.33. The van der Waals surface area contributed by atoms with Gasteiger partial charge < -0.3 is 9.55 Å². The van der Waals surface area contributed by atoms with Crippen LogP contribution < -0.4 is 5.56 Å². The maximum absolute atomic E-state index is 12.1. The van der Waals surface area contributed by atoms with Gasteiger partial charge in [0.05, 0.1) is 11.5 Å². The molecule has 5 heteroatoms. The third-order valence-corrected chi connectivity index (χ3v) is 4.97. The Morgan fingerprint density at radius 1 is 1.31 bits per heavy atom. The second-order valence-electron chi connectivity index (χ2n) is 6.94. The van der Waals surface area contributed by atoms with Crippen molar-refractivity contribution in [1.29, 1.82) is 5.26 Å². The van der Waals surface area contributed by atoms with Gasteiger partial charge in [-0.25, -0.2) is 4.98 Å². The average Bonchev–Trinajstić information content (AvgIpc) is 3.07. The van der Waals surface area contributed by atoms with Crippen LogP contribution in [0.5, 0.6) is 0 Å². The highest BCUT2D eigenvalue weighted by Gasteiger charge is 2.29. The van der Waals surface area contributed by atoms with E-state index in [1.807, 2.05) is 44.3 Å². The summed E-state index contributed by atoms with van der Waals surface area (Å²) in [7, 11) is 0. The largest absolute Gasteiger partial charge is 0.335 e. The van der Waals surface area contributed by atoms with Crippen molar-refractivity contribution < 1.29 is 0 Å². The summed E-state index contributed by atoms with van der Waals surface area (Å²) in [6.45, 7) is 6.91. The Morgan fingerprint density at radius 2 is 2.12 bits per heavy atom. The van der Waals surface area contributed by atoms with E-state index in [1.165, 1.54) is 0 Å². The summed E-state index contributed by atoms with van der Waals surface area (Å²) in [6, 6.07) is 10.3. The van der Waals surface area contributed by atoms with Crippen LogP contribution in [0.15, 0.2) is 41.5 Å². The average molecular weight is 348 g/mol. The number of nitrogens with zero attached hydrogens (tertiary/aromatic N) is 3. The van der Waals surface area contributed by atoms with Gasteiger partial charge in [-0.15, -0.1) is 0 Å². The smallest absolute Gasteiger partial charge is 0.251 e. The lowest BCUT2D eigenvalue weighted by atomic mass is 9.80. The topological polar surface area (TPSA) is 74.5 Å². The zero-order chi connectivity index (χ0) is 18.7. The lowest BCUT2D eigenvalue weighted by molar-refractivity contribution is 0.545. The SMILES string of the molecule is CCCn1ccnc1CC(C)(C#N)c1ccc2cc(CC)c(=O)[nH]c2c1. The van der Waals surface area contributed by atoms with E-state index in [-0.39, 0.29) is 5.56 Å². The van der Waals surface area contributed by atoms with Gasteiger partial charge in [-0.05, 0) is 42.8 Å². The van der Waals surface area contributed by atoms with E-state index in [9.17, 15) is 10.1 Å². The number of nitriles is 1. The van der Waals surface area contributed by atoms with Gasteiger partial charge in [0.2, 0.25) is 0 Å². The second kappa shape index (κ2) is 7.17. The van der Waals surface area contributed by atoms with E-state index < -0.39 is 5.41 Å². The Morgan fingerprint density at radius 3 is 2.81 bits per heavy atom. The van der Waals surface area contributed by atoms with Gasteiger partial charge in [0.15, 0.2) is 0 Å². The van der Waals surface area contributed by atoms with Gasteiger partial charge >= 0.3 is 0 Å². The first-order valence-corrected chi connectivity index (χ1v) is 9.08. The zero-order valence-corrected chi connectivity index (χ0v) is 15.5. The number of aromatic nitrogens is 3. The molecule has 1 unspecified atom stereocenters. The van der Waals surface area contributed by atoms with Crippen molar-refractivity contribution in [2.45, 2.75) is 52.0 Å². The normalized spacial score (nSPS) is 13.5. The summed E-state index contributed by atoms with van der Waals surface area (Å²) in [6.07, 6.45) is 5.99. The van der Waals surface area contributed by atoms with Crippen LogP contribution in [0.4, 0.5) is 0 Å². The second-order valence-corrected chi connectivity index (χ2v) is 6.94.